The molecule has 0 saturated heterocycles. The van der Waals surface area contributed by atoms with Gasteiger partial charge in [-0.3, -0.25) is 9.36 Å². The summed E-state index contributed by atoms with van der Waals surface area (Å²) >= 11 is 6.27. The summed E-state index contributed by atoms with van der Waals surface area (Å²) in [5.41, 5.74) is -1.67. The quantitative estimate of drug-likeness (QED) is 0.434. The number of hydrogen-bond donors (Lipinski definition) is 1. The van der Waals surface area contributed by atoms with E-state index in [0.29, 0.717) is 17.0 Å². The SMILES string of the molecule is Cn1cnc(Cn2c(=O)[nH]n(CC3C(F)=CC(F)=C(F)C3=Nc3cc4cn(C)nc4cc3Cl)c2=O)n1. The van der Waals surface area contributed by atoms with Gasteiger partial charge in [0, 0.05) is 31.8 Å². The van der Waals surface area contributed by atoms with Crippen LogP contribution in [0.15, 0.2) is 62.8 Å². The number of fused-ring (bicyclic) bond motifs is 1. The van der Waals surface area contributed by atoms with Crippen LogP contribution in [0.3, 0.4) is 0 Å². The predicted octanol–water partition coefficient (Wildman–Crippen LogP) is 2.46. The number of aromatic nitrogens is 8. The number of hydrogen-bond acceptors (Lipinski definition) is 6. The maximum atomic E-state index is 14.9. The third-order valence-electron chi connectivity index (χ3n) is 5.54. The Morgan fingerprint density at radius 1 is 1.14 bits per heavy atom. The molecule has 0 bridgehead atoms. The number of H-pyrrole nitrogens is 1. The van der Waals surface area contributed by atoms with Crippen molar-refractivity contribution in [3.8, 4) is 0 Å². The largest absolute Gasteiger partial charge is 0.347 e. The molecule has 186 valence electrons. The van der Waals surface area contributed by atoms with E-state index in [1.807, 2.05) is 0 Å². The van der Waals surface area contributed by atoms with E-state index in [2.05, 4.69) is 25.3 Å². The van der Waals surface area contributed by atoms with Gasteiger partial charge in [0.1, 0.15) is 12.2 Å². The normalized spacial score (nSPS) is 17.4. The van der Waals surface area contributed by atoms with Gasteiger partial charge in [-0.2, -0.15) is 10.2 Å². The second-order valence-electron chi connectivity index (χ2n) is 8.14. The van der Waals surface area contributed by atoms with Crippen LogP contribution in [-0.4, -0.2) is 44.6 Å². The molecule has 0 radical (unpaired) electrons. The van der Waals surface area contributed by atoms with Gasteiger partial charge in [0.05, 0.1) is 40.9 Å². The van der Waals surface area contributed by atoms with Crippen molar-refractivity contribution < 1.29 is 13.2 Å². The molecule has 0 amide bonds. The number of halogens is 4. The van der Waals surface area contributed by atoms with E-state index in [0.717, 1.165) is 9.25 Å². The Hall–Kier alpha value is -4.20. The molecule has 0 saturated carbocycles. The molecule has 0 fully saturated rings. The first-order valence-corrected chi connectivity index (χ1v) is 10.9. The molecular weight excluding hydrogens is 503 g/mol. The molecule has 5 rings (SSSR count). The number of aliphatic imine (C=N–C) groups is 1. The second kappa shape index (κ2) is 8.78. The summed E-state index contributed by atoms with van der Waals surface area (Å²) < 4.78 is 48.5. The first-order chi connectivity index (χ1) is 17.1. The van der Waals surface area contributed by atoms with Crippen molar-refractivity contribution in [2.45, 2.75) is 13.1 Å². The number of nitrogens with one attached hydrogen (secondary N) is 1. The molecule has 0 aliphatic heterocycles. The fraction of sp³-hybridized carbons (Fsp3) is 0.238. The van der Waals surface area contributed by atoms with E-state index < -0.39 is 47.0 Å². The molecule has 1 aliphatic carbocycles. The van der Waals surface area contributed by atoms with Crippen LogP contribution < -0.4 is 11.4 Å². The van der Waals surface area contributed by atoms with E-state index in [1.165, 1.54) is 27.8 Å². The van der Waals surface area contributed by atoms with Gasteiger partial charge in [0.25, 0.3) is 0 Å². The highest BCUT2D eigenvalue weighted by atomic mass is 35.5. The lowest BCUT2D eigenvalue weighted by molar-refractivity contribution is 0.438. The number of rotatable bonds is 5. The molecule has 11 nitrogen and oxygen atoms in total. The minimum atomic E-state index is -1.53. The maximum absolute atomic E-state index is 14.9. The number of allylic oxidation sites excluding steroid dienone is 4. The summed E-state index contributed by atoms with van der Waals surface area (Å²) in [7, 11) is 3.32. The van der Waals surface area contributed by atoms with Gasteiger partial charge < -0.3 is 0 Å². The highest BCUT2D eigenvalue weighted by Gasteiger charge is 2.33. The van der Waals surface area contributed by atoms with Crippen molar-refractivity contribution >= 4 is 33.9 Å². The highest BCUT2D eigenvalue weighted by Crippen LogP contribution is 2.36. The maximum Gasteiger partial charge on any atom is 0.347 e. The number of benzene rings is 1. The van der Waals surface area contributed by atoms with Gasteiger partial charge in [-0.1, -0.05) is 11.6 Å². The van der Waals surface area contributed by atoms with Crippen LogP contribution in [0.2, 0.25) is 5.02 Å². The van der Waals surface area contributed by atoms with Crippen LogP contribution in [0.4, 0.5) is 18.9 Å². The minimum Gasteiger partial charge on any atom is -0.275 e. The van der Waals surface area contributed by atoms with E-state index in [9.17, 15) is 22.8 Å². The van der Waals surface area contributed by atoms with E-state index >= 15 is 0 Å². The van der Waals surface area contributed by atoms with Gasteiger partial charge in [0.15, 0.2) is 17.5 Å². The van der Waals surface area contributed by atoms with Crippen molar-refractivity contribution in [1.82, 2.24) is 38.9 Å². The fourth-order valence-corrected chi connectivity index (χ4v) is 4.06. The van der Waals surface area contributed by atoms with Gasteiger partial charge >= 0.3 is 11.4 Å². The van der Waals surface area contributed by atoms with Crippen molar-refractivity contribution in [3.05, 3.63) is 80.0 Å². The van der Waals surface area contributed by atoms with Crippen LogP contribution in [-0.2, 0) is 27.2 Å². The Balaban J connectivity index is 1.54. The topological polar surface area (TPSA) is 121 Å². The smallest absolute Gasteiger partial charge is 0.275 e. The summed E-state index contributed by atoms with van der Waals surface area (Å²) in [6.45, 7) is -0.805. The van der Waals surface area contributed by atoms with Crippen LogP contribution in [0.25, 0.3) is 10.9 Å². The lowest BCUT2D eigenvalue weighted by Gasteiger charge is -2.20. The fourth-order valence-electron chi connectivity index (χ4n) is 3.86. The van der Waals surface area contributed by atoms with Crippen molar-refractivity contribution in [2.24, 2.45) is 25.0 Å². The summed E-state index contributed by atoms with van der Waals surface area (Å²) in [5.74, 6) is -5.28. The van der Waals surface area contributed by atoms with Gasteiger partial charge in [0.2, 0.25) is 0 Å². The Morgan fingerprint density at radius 3 is 2.64 bits per heavy atom. The highest BCUT2D eigenvalue weighted by molar-refractivity contribution is 6.34. The van der Waals surface area contributed by atoms with Gasteiger partial charge in [-0.15, -0.1) is 0 Å². The van der Waals surface area contributed by atoms with Crippen molar-refractivity contribution in [2.75, 3.05) is 0 Å². The second-order valence-corrected chi connectivity index (χ2v) is 8.54. The van der Waals surface area contributed by atoms with Gasteiger partial charge in [-0.05, 0) is 12.1 Å². The number of aryl methyl sites for hydroxylation is 2. The molecule has 36 heavy (non-hydrogen) atoms. The number of nitrogens with zero attached hydrogens (tertiary/aromatic N) is 8. The Bertz CT molecular complexity index is 1720. The first kappa shape index (κ1) is 23.5. The van der Waals surface area contributed by atoms with Gasteiger partial charge in [-0.25, -0.2) is 47.1 Å². The number of aromatic amines is 1. The van der Waals surface area contributed by atoms with E-state index in [1.54, 1.807) is 20.3 Å². The summed E-state index contributed by atoms with van der Waals surface area (Å²) in [6.07, 6.45) is 3.45. The van der Waals surface area contributed by atoms with Crippen molar-refractivity contribution in [3.63, 3.8) is 0 Å². The molecule has 3 heterocycles. The van der Waals surface area contributed by atoms with E-state index in [4.69, 9.17) is 11.6 Å². The third kappa shape index (κ3) is 4.19. The summed E-state index contributed by atoms with van der Waals surface area (Å²) in [5, 5.41) is 11.2. The average Bonchev–Trinajstić information content (AvgIpc) is 3.47. The third-order valence-corrected chi connectivity index (χ3v) is 5.84. The summed E-state index contributed by atoms with van der Waals surface area (Å²) in [4.78, 5) is 33.3. The molecule has 1 unspecified atom stereocenters. The zero-order valence-corrected chi connectivity index (χ0v) is 19.5. The van der Waals surface area contributed by atoms with E-state index in [-0.39, 0.29) is 23.1 Å². The zero-order valence-electron chi connectivity index (χ0n) is 18.8. The molecular formula is C21H17ClF3N9O2. The molecule has 1 aromatic carbocycles. The van der Waals surface area contributed by atoms with Crippen LogP contribution in [0, 0.1) is 5.92 Å². The predicted molar refractivity (Wildman–Crippen MR) is 124 cm³/mol. The zero-order chi connectivity index (χ0) is 25.7. The molecule has 1 aliphatic rings. The molecule has 0 spiro atoms. The first-order valence-electron chi connectivity index (χ1n) is 10.5. The van der Waals surface area contributed by atoms with Crippen molar-refractivity contribution in [1.29, 1.82) is 0 Å². The Morgan fingerprint density at radius 2 is 1.92 bits per heavy atom. The standard InChI is InChI=1S/C21H17ClF3N9O2/c1-31-6-10-3-16(12(22)4-15(10)28-31)27-19-11(13(23)5-14(24)18(19)25)7-34-21(36)33(20(35)30-34)8-17-26-9-32(2)29-17/h3-6,9,11H,7-8H2,1-2H3,(H,30,35). The molecule has 15 heteroatoms. The Labute approximate surface area is 204 Å². The Kier molecular flexibility index (Phi) is 5.74. The molecule has 1 N–H and O–H groups in total. The minimum absolute atomic E-state index is 0.0504. The molecule has 4 aromatic rings. The molecule has 3 aromatic heterocycles. The lowest BCUT2D eigenvalue weighted by Crippen LogP contribution is -2.33. The monoisotopic (exact) mass is 519 g/mol. The van der Waals surface area contributed by atoms with Crippen LogP contribution in [0.1, 0.15) is 5.82 Å². The average molecular weight is 520 g/mol. The summed E-state index contributed by atoms with van der Waals surface area (Å²) in [6, 6.07) is 2.99. The van der Waals surface area contributed by atoms with Crippen LogP contribution >= 0.6 is 11.6 Å². The molecule has 1 atom stereocenters. The van der Waals surface area contributed by atoms with Crippen LogP contribution in [0.5, 0.6) is 0 Å². The lowest BCUT2D eigenvalue weighted by atomic mass is 9.95.